The maximum Gasteiger partial charge on any atom is 0.252 e. The summed E-state index contributed by atoms with van der Waals surface area (Å²) in [7, 11) is 0. The first-order valence-corrected chi connectivity index (χ1v) is 11.6. The summed E-state index contributed by atoms with van der Waals surface area (Å²) in [5.74, 6) is -3.59. The minimum atomic E-state index is -0.921. The molecule has 2 bridgehead atoms. The number of carbonyl (C=O) groups excluding carboxylic acids is 1. The quantitative estimate of drug-likeness (QED) is 0.551. The smallest absolute Gasteiger partial charge is 0.252 e. The second-order valence-corrected chi connectivity index (χ2v) is 9.26. The molecule has 2 N–H and O–H groups in total. The number of morpholine rings is 1. The van der Waals surface area contributed by atoms with Gasteiger partial charge >= 0.3 is 0 Å². The van der Waals surface area contributed by atoms with Crippen molar-refractivity contribution in [2.24, 2.45) is 0 Å². The lowest BCUT2D eigenvalue weighted by molar-refractivity contribution is -0.124. The van der Waals surface area contributed by atoms with Crippen LogP contribution in [0.15, 0.2) is 41.3 Å². The Morgan fingerprint density at radius 3 is 2.66 bits per heavy atom. The standard InChI is InChI=1S/C25H25F3N4O3.2H2/c1-13(23-21(28)8-16(27)9-29-23)30-25(34)20(12-32-10-17-3-4-18(11-32)35-17)19-7-14-6-15(26)2-5-22(14)31-24(19)33;;/h2,5-9,13,17-18,20H,3-4,10-12H2,1H3,(H,30,34)(H,31,33);2*1H/t13-,17?,18?,20-;;/m0../s1. The number of pyridine rings is 2. The normalized spacial score (nSPS) is 21.7. The Hall–Kier alpha value is -3.24. The van der Waals surface area contributed by atoms with Gasteiger partial charge in [-0.2, -0.15) is 0 Å². The van der Waals surface area contributed by atoms with Crippen LogP contribution in [0.3, 0.4) is 0 Å². The Bertz CT molecular complexity index is 1330. The molecule has 2 aliphatic rings. The van der Waals surface area contributed by atoms with Gasteiger partial charge in [-0.1, -0.05) is 0 Å². The molecule has 0 aliphatic carbocycles. The third-order valence-electron chi connectivity index (χ3n) is 6.69. The topological polar surface area (TPSA) is 87.3 Å². The molecule has 10 heteroatoms. The summed E-state index contributed by atoms with van der Waals surface area (Å²) < 4.78 is 47.3. The second kappa shape index (κ2) is 9.43. The number of aromatic nitrogens is 2. The van der Waals surface area contributed by atoms with Crippen LogP contribution < -0.4 is 10.9 Å². The van der Waals surface area contributed by atoms with E-state index in [-0.39, 0.29) is 32.9 Å². The molecule has 2 aliphatic heterocycles. The number of ether oxygens (including phenoxy) is 1. The van der Waals surface area contributed by atoms with Crippen LogP contribution in [0.25, 0.3) is 10.9 Å². The molecule has 35 heavy (non-hydrogen) atoms. The van der Waals surface area contributed by atoms with Gasteiger partial charge in [-0.3, -0.25) is 19.5 Å². The minimum Gasteiger partial charge on any atom is -0.372 e. The summed E-state index contributed by atoms with van der Waals surface area (Å²) in [6, 6.07) is 5.36. The summed E-state index contributed by atoms with van der Waals surface area (Å²) in [4.78, 5) is 35.1. The molecule has 4 atom stereocenters. The van der Waals surface area contributed by atoms with Gasteiger partial charge in [0, 0.05) is 45.0 Å². The van der Waals surface area contributed by atoms with Gasteiger partial charge in [-0.25, -0.2) is 13.2 Å². The van der Waals surface area contributed by atoms with Crippen LogP contribution in [-0.2, 0) is 9.53 Å². The zero-order valence-corrected chi connectivity index (χ0v) is 19.1. The predicted octanol–water partition coefficient (Wildman–Crippen LogP) is 3.66. The number of fused-ring (bicyclic) bond motifs is 3. The molecule has 0 radical (unpaired) electrons. The van der Waals surface area contributed by atoms with E-state index in [2.05, 4.69) is 20.2 Å². The molecule has 0 spiro atoms. The van der Waals surface area contributed by atoms with Gasteiger partial charge in [0.25, 0.3) is 5.56 Å². The van der Waals surface area contributed by atoms with E-state index in [9.17, 15) is 22.8 Å². The molecule has 4 heterocycles. The second-order valence-electron chi connectivity index (χ2n) is 9.26. The number of H-pyrrole nitrogens is 1. The lowest BCUT2D eigenvalue weighted by Crippen LogP contribution is -2.47. The van der Waals surface area contributed by atoms with Crippen LogP contribution in [-0.4, -0.2) is 52.6 Å². The van der Waals surface area contributed by atoms with E-state index in [1.54, 1.807) is 0 Å². The third-order valence-corrected chi connectivity index (χ3v) is 6.69. The molecule has 0 saturated carbocycles. The molecule has 2 aromatic heterocycles. The maximum atomic E-state index is 14.3. The van der Waals surface area contributed by atoms with Crippen LogP contribution in [0.5, 0.6) is 0 Å². The van der Waals surface area contributed by atoms with Crippen LogP contribution in [0, 0.1) is 17.5 Å². The van der Waals surface area contributed by atoms with Gasteiger partial charge < -0.3 is 15.0 Å². The van der Waals surface area contributed by atoms with Gasteiger partial charge in [0.2, 0.25) is 5.91 Å². The molecule has 188 valence electrons. The number of hydrogen-bond acceptors (Lipinski definition) is 5. The summed E-state index contributed by atoms with van der Waals surface area (Å²) in [6.45, 7) is 3.03. The highest BCUT2D eigenvalue weighted by Gasteiger charge is 2.36. The van der Waals surface area contributed by atoms with Crippen molar-refractivity contribution in [2.45, 2.75) is 43.9 Å². The summed E-state index contributed by atoms with van der Waals surface area (Å²) in [5.41, 5.74) is 0.0606. The van der Waals surface area contributed by atoms with Gasteiger partial charge in [-0.05, 0) is 44.0 Å². The minimum absolute atomic E-state index is 0. The van der Waals surface area contributed by atoms with Crippen molar-refractivity contribution >= 4 is 16.8 Å². The number of nitrogens with zero attached hydrogens (tertiary/aromatic N) is 2. The SMILES string of the molecule is C[C@H](NC(=O)[C@@H](CN1CC2CCC(C1)O2)c1cc2cc(F)ccc2[nH]c1=O)c1ncc(F)cc1F.[HH].[HH]. The van der Waals surface area contributed by atoms with Crippen molar-refractivity contribution in [3.05, 3.63) is 75.6 Å². The van der Waals surface area contributed by atoms with Crippen molar-refractivity contribution in [2.75, 3.05) is 19.6 Å². The zero-order valence-electron chi connectivity index (χ0n) is 19.1. The largest absolute Gasteiger partial charge is 0.372 e. The lowest BCUT2D eigenvalue weighted by Gasteiger charge is -2.34. The van der Waals surface area contributed by atoms with E-state index in [1.807, 2.05) is 0 Å². The molecule has 1 amide bonds. The lowest BCUT2D eigenvalue weighted by atomic mass is 9.96. The Balaban J connectivity index is 0.00000190. The first-order chi connectivity index (χ1) is 16.8. The van der Waals surface area contributed by atoms with Crippen molar-refractivity contribution in [3.8, 4) is 0 Å². The Morgan fingerprint density at radius 1 is 1.20 bits per heavy atom. The molecule has 7 nitrogen and oxygen atoms in total. The van der Waals surface area contributed by atoms with E-state index in [4.69, 9.17) is 4.74 Å². The van der Waals surface area contributed by atoms with Gasteiger partial charge in [0.05, 0.1) is 36.1 Å². The first-order valence-electron chi connectivity index (χ1n) is 11.6. The fourth-order valence-corrected chi connectivity index (χ4v) is 5.01. The Kier molecular flexibility index (Phi) is 6.33. The number of nitrogens with one attached hydrogen (secondary N) is 2. The van der Waals surface area contributed by atoms with Crippen molar-refractivity contribution in [1.82, 2.24) is 20.2 Å². The summed E-state index contributed by atoms with van der Waals surface area (Å²) in [6.07, 6.45) is 2.93. The van der Waals surface area contributed by atoms with E-state index in [1.165, 1.54) is 31.2 Å². The highest BCUT2D eigenvalue weighted by atomic mass is 19.1. The molecule has 3 aromatic rings. The number of benzene rings is 1. The number of likely N-dealkylation sites (tertiary alicyclic amines) is 1. The molecule has 5 rings (SSSR count). The molecule has 1 aromatic carbocycles. The van der Waals surface area contributed by atoms with Crippen molar-refractivity contribution in [3.63, 3.8) is 0 Å². The molecule has 2 fully saturated rings. The number of carbonyl (C=O) groups is 1. The van der Waals surface area contributed by atoms with E-state index in [0.29, 0.717) is 30.1 Å². The number of aromatic amines is 1. The number of amides is 1. The van der Waals surface area contributed by atoms with E-state index < -0.39 is 40.9 Å². The van der Waals surface area contributed by atoms with Gasteiger partial charge in [-0.15, -0.1) is 0 Å². The molecular weight excluding hydrogens is 461 g/mol. The number of rotatable bonds is 6. The fourth-order valence-electron chi connectivity index (χ4n) is 5.01. The summed E-state index contributed by atoms with van der Waals surface area (Å²) in [5, 5.41) is 3.18. The number of hydrogen-bond donors (Lipinski definition) is 2. The molecule has 2 unspecified atom stereocenters. The van der Waals surface area contributed by atoms with Crippen LogP contribution >= 0.6 is 0 Å². The average Bonchev–Trinajstić information content (AvgIpc) is 3.15. The highest BCUT2D eigenvalue weighted by molar-refractivity contribution is 5.86. The van der Waals surface area contributed by atoms with E-state index in [0.717, 1.165) is 19.0 Å². The Labute approximate surface area is 202 Å². The zero-order chi connectivity index (χ0) is 24.7. The highest BCUT2D eigenvalue weighted by Crippen LogP contribution is 2.29. The first kappa shape index (κ1) is 23.5. The summed E-state index contributed by atoms with van der Waals surface area (Å²) >= 11 is 0. The van der Waals surface area contributed by atoms with E-state index >= 15 is 0 Å². The predicted molar refractivity (Wildman–Crippen MR) is 127 cm³/mol. The van der Waals surface area contributed by atoms with Crippen molar-refractivity contribution in [1.29, 1.82) is 0 Å². The average molecular weight is 491 g/mol. The third kappa shape index (κ3) is 4.94. The monoisotopic (exact) mass is 490 g/mol. The Morgan fingerprint density at radius 2 is 1.94 bits per heavy atom. The van der Waals surface area contributed by atoms with Gasteiger partial charge in [0.1, 0.15) is 17.5 Å². The van der Waals surface area contributed by atoms with Crippen LogP contribution in [0.4, 0.5) is 13.2 Å². The van der Waals surface area contributed by atoms with Crippen LogP contribution in [0.2, 0.25) is 0 Å². The maximum absolute atomic E-state index is 14.3. The fraction of sp³-hybridized carbons (Fsp3) is 0.400. The van der Waals surface area contributed by atoms with Crippen molar-refractivity contribution < 1.29 is 25.6 Å². The molecule has 2 saturated heterocycles. The van der Waals surface area contributed by atoms with Gasteiger partial charge in [0.15, 0.2) is 0 Å². The molecular formula is C25H29F3N4O3. The number of halogens is 3. The van der Waals surface area contributed by atoms with Crippen LogP contribution in [0.1, 0.15) is 45.8 Å².